The molecule has 4 heteroatoms. The van der Waals surface area contributed by atoms with Crippen molar-refractivity contribution in [1.29, 1.82) is 0 Å². The third-order valence-corrected chi connectivity index (χ3v) is 3.99. The van der Waals surface area contributed by atoms with Crippen molar-refractivity contribution < 1.29 is 4.79 Å². The maximum atomic E-state index is 12.3. The number of carbonyl (C=O) groups is 1. The minimum Gasteiger partial charge on any atom is -0.340 e. The van der Waals surface area contributed by atoms with Crippen LogP contribution in [0.15, 0.2) is 0 Å². The van der Waals surface area contributed by atoms with Crippen molar-refractivity contribution in [3.8, 4) is 0 Å². The van der Waals surface area contributed by atoms with Crippen molar-refractivity contribution >= 4 is 5.91 Å². The molecular formula is C14H29N3O. The predicted molar refractivity (Wildman–Crippen MR) is 75.3 cm³/mol. The molecule has 106 valence electrons. The third kappa shape index (κ3) is 4.58. The molecule has 1 amide bonds. The summed E-state index contributed by atoms with van der Waals surface area (Å²) in [5.74, 6) is 0.457. The lowest BCUT2D eigenvalue weighted by Gasteiger charge is -2.38. The van der Waals surface area contributed by atoms with Crippen LogP contribution in [0.1, 0.15) is 40.0 Å². The molecule has 3 atom stereocenters. The molecule has 0 spiro atoms. The monoisotopic (exact) mass is 255 g/mol. The van der Waals surface area contributed by atoms with E-state index in [9.17, 15) is 4.79 Å². The molecule has 2 N–H and O–H groups in total. The van der Waals surface area contributed by atoms with E-state index in [1.807, 2.05) is 18.7 Å². The first-order valence-electron chi connectivity index (χ1n) is 7.16. The average Bonchev–Trinajstić information content (AvgIpc) is 2.31. The van der Waals surface area contributed by atoms with Gasteiger partial charge in [0.05, 0.1) is 0 Å². The van der Waals surface area contributed by atoms with Crippen LogP contribution in [0.4, 0.5) is 0 Å². The SMILES string of the molecule is CC(N)CCCC(C)C(=O)N1CCN(C)C(C)C1. The lowest BCUT2D eigenvalue weighted by molar-refractivity contribution is -0.137. The van der Waals surface area contributed by atoms with E-state index in [2.05, 4.69) is 18.9 Å². The van der Waals surface area contributed by atoms with Gasteiger partial charge in [-0.25, -0.2) is 0 Å². The standard InChI is InChI=1S/C14H29N3O/c1-11(6-5-7-12(2)15)14(18)17-9-8-16(4)13(3)10-17/h11-13H,5-10,15H2,1-4H3. The number of hydrogen-bond acceptors (Lipinski definition) is 3. The Morgan fingerprint density at radius 3 is 2.56 bits per heavy atom. The van der Waals surface area contributed by atoms with Crippen molar-refractivity contribution in [2.45, 2.75) is 52.1 Å². The van der Waals surface area contributed by atoms with E-state index in [1.54, 1.807) is 0 Å². The first-order chi connectivity index (χ1) is 8.41. The summed E-state index contributed by atoms with van der Waals surface area (Å²) in [6.45, 7) is 8.98. The zero-order valence-corrected chi connectivity index (χ0v) is 12.4. The zero-order valence-electron chi connectivity index (χ0n) is 12.4. The Balaban J connectivity index is 2.34. The summed E-state index contributed by atoms with van der Waals surface area (Å²) in [5, 5.41) is 0. The second-order valence-corrected chi connectivity index (χ2v) is 5.92. The van der Waals surface area contributed by atoms with Gasteiger partial charge in [-0.3, -0.25) is 4.79 Å². The smallest absolute Gasteiger partial charge is 0.225 e. The molecule has 18 heavy (non-hydrogen) atoms. The van der Waals surface area contributed by atoms with Crippen molar-refractivity contribution in [3.05, 3.63) is 0 Å². The van der Waals surface area contributed by atoms with Gasteiger partial charge in [0.15, 0.2) is 0 Å². The average molecular weight is 255 g/mol. The van der Waals surface area contributed by atoms with Crippen LogP contribution in [-0.2, 0) is 4.79 Å². The van der Waals surface area contributed by atoms with Gasteiger partial charge < -0.3 is 15.5 Å². The van der Waals surface area contributed by atoms with Crippen molar-refractivity contribution in [1.82, 2.24) is 9.80 Å². The molecule has 1 aliphatic heterocycles. The Labute approximate surface area is 111 Å². The second-order valence-electron chi connectivity index (χ2n) is 5.92. The van der Waals surface area contributed by atoms with E-state index in [4.69, 9.17) is 5.73 Å². The Kier molecular flexibility index (Phi) is 6.09. The highest BCUT2D eigenvalue weighted by Gasteiger charge is 2.26. The Hall–Kier alpha value is -0.610. The molecule has 1 fully saturated rings. The maximum absolute atomic E-state index is 12.3. The van der Waals surface area contributed by atoms with Crippen LogP contribution in [0.5, 0.6) is 0 Å². The van der Waals surface area contributed by atoms with Gasteiger partial charge in [0.2, 0.25) is 5.91 Å². The van der Waals surface area contributed by atoms with Crippen molar-refractivity contribution in [2.75, 3.05) is 26.7 Å². The summed E-state index contributed by atoms with van der Waals surface area (Å²) < 4.78 is 0. The molecule has 0 radical (unpaired) electrons. The molecule has 1 rings (SSSR count). The molecule has 1 aliphatic rings. The van der Waals surface area contributed by atoms with Gasteiger partial charge in [-0.15, -0.1) is 0 Å². The number of nitrogens with two attached hydrogens (primary N) is 1. The topological polar surface area (TPSA) is 49.6 Å². The highest BCUT2D eigenvalue weighted by atomic mass is 16.2. The summed E-state index contributed by atoms with van der Waals surface area (Å²) in [5.41, 5.74) is 5.73. The lowest BCUT2D eigenvalue weighted by atomic mass is 10.00. The number of hydrogen-bond donors (Lipinski definition) is 1. The fraction of sp³-hybridized carbons (Fsp3) is 0.929. The summed E-state index contributed by atoms with van der Waals surface area (Å²) >= 11 is 0. The van der Waals surface area contributed by atoms with Gasteiger partial charge >= 0.3 is 0 Å². The maximum Gasteiger partial charge on any atom is 0.225 e. The van der Waals surface area contributed by atoms with Crippen molar-refractivity contribution in [2.24, 2.45) is 11.7 Å². The van der Waals surface area contributed by atoms with Gasteiger partial charge in [0, 0.05) is 37.6 Å². The normalized spacial score (nSPS) is 24.9. The van der Waals surface area contributed by atoms with Gasteiger partial charge in [0.1, 0.15) is 0 Å². The molecule has 1 saturated heterocycles. The summed E-state index contributed by atoms with van der Waals surface area (Å²) in [7, 11) is 2.12. The van der Waals surface area contributed by atoms with Crippen LogP contribution in [0.25, 0.3) is 0 Å². The number of likely N-dealkylation sites (N-methyl/N-ethyl adjacent to an activating group) is 1. The molecular weight excluding hydrogens is 226 g/mol. The second kappa shape index (κ2) is 7.10. The number of nitrogens with zero attached hydrogens (tertiary/aromatic N) is 2. The fourth-order valence-corrected chi connectivity index (χ4v) is 2.43. The Bertz CT molecular complexity index is 268. The van der Waals surface area contributed by atoms with E-state index < -0.39 is 0 Å². The molecule has 0 aromatic carbocycles. The Morgan fingerprint density at radius 1 is 1.33 bits per heavy atom. The van der Waals surface area contributed by atoms with Gasteiger partial charge in [-0.2, -0.15) is 0 Å². The largest absolute Gasteiger partial charge is 0.340 e. The highest BCUT2D eigenvalue weighted by molar-refractivity contribution is 5.78. The van der Waals surface area contributed by atoms with Gasteiger partial charge in [-0.05, 0) is 33.7 Å². The van der Waals surface area contributed by atoms with Crippen LogP contribution in [0, 0.1) is 5.92 Å². The minimum atomic E-state index is 0.138. The Morgan fingerprint density at radius 2 is 2.00 bits per heavy atom. The van der Waals surface area contributed by atoms with Crippen LogP contribution in [-0.4, -0.2) is 54.5 Å². The van der Waals surface area contributed by atoms with Crippen LogP contribution in [0.2, 0.25) is 0 Å². The number of carbonyl (C=O) groups excluding carboxylic acids is 1. The van der Waals surface area contributed by atoms with Crippen LogP contribution < -0.4 is 5.73 Å². The molecule has 4 nitrogen and oxygen atoms in total. The molecule has 0 aromatic rings. The number of amides is 1. The third-order valence-electron chi connectivity index (χ3n) is 3.99. The molecule has 1 heterocycles. The molecule has 0 aliphatic carbocycles. The predicted octanol–water partition coefficient (Wildman–Crippen LogP) is 1.30. The fourth-order valence-electron chi connectivity index (χ4n) is 2.43. The van der Waals surface area contributed by atoms with E-state index in [0.717, 1.165) is 38.9 Å². The van der Waals surface area contributed by atoms with E-state index in [-0.39, 0.29) is 12.0 Å². The highest BCUT2D eigenvalue weighted by Crippen LogP contribution is 2.15. The van der Waals surface area contributed by atoms with Crippen LogP contribution >= 0.6 is 0 Å². The first kappa shape index (κ1) is 15.4. The van der Waals surface area contributed by atoms with E-state index in [1.165, 1.54) is 0 Å². The summed E-state index contributed by atoms with van der Waals surface area (Å²) in [6, 6.07) is 0.718. The molecule has 0 bridgehead atoms. The zero-order chi connectivity index (χ0) is 13.7. The molecule has 3 unspecified atom stereocenters. The summed E-state index contributed by atoms with van der Waals surface area (Å²) in [6.07, 6.45) is 3.02. The van der Waals surface area contributed by atoms with Crippen molar-refractivity contribution in [3.63, 3.8) is 0 Å². The number of rotatable bonds is 5. The van der Waals surface area contributed by atoms with E-state index in [0.29, 0.717) is 11.9 Å². The molecule has 0 saturated carbocycles. The van der Waals surface area contributed by atoms with E-state index >= 15 is 0 Å². The minimum absolute atomic E-state index is 0.138. The van der Waals surface area contributed by atoms with Gasteiger partial charge in [-0.1, -0.05) is 13.3 Å². The number of piperazine rings is 1. The summed E-state index contributed by atoms with van der Waals surface area (Å²) in [4.78, 5) is 16.6. The lowest BCUT2D eigenvalue weighted by Crippen LogP contribution is -2.53. The van der Waals surface area contributed by atoms with Gasteiger partial charge in [0.25, 0.3) is 0 Å². The first-order valence-corrected chi connectivity index (χ1v) is 7.16. The molecule has 0 aromatic heterocycles. The quantitative estimate of drug-likeness (QED) is 0.805. The van der Waals surface area contributed by atoms with Crippen LogP contribution in [0.3, 0.4) is 0 Å².